The van der Waals surface area contributed by atoms with Gasteiger partial charge in [-0.2, -0.15) is 0 Å². The van der Waals surface area contributed by atoms with Gasteiger partial charge in [-0.05, 0) is 32.4 Å². The van der Waals surface area contributed by atoms with Crippen LogP contribution < -0.4 is 5.32 Å². The summed E-state index contributed by atoms with van der Waals surface area (Å²) in [5, 5.41) is 2.61. The number of carbonyl (C=O) groups excluding carboxylic acids is 1. The molecule has 0 fully saturated rings. The van der Waals surface area contributed by atoms with E-state index in [1.165, 1.54) is 16.0 Å². The molecule has 1 aromatic carbocycles. The average Bonchev–Trinajstić information content (AvgIpc) is 2.20. The van der Waals surface area contributed by atoms with Crippen LogP contribution in [0, 0.1) is 13.8 Å². The van der Waals surface area contributed by atoms with E-state index in [0.717, 1.165) is 0 Å². The monoisotopic (exact) mass is 223 g/mol. The van der Waals surface area contributed by atoms with Gasteiger partial charge in [0.1, 0.15) is 0 Å². The lowest BCUT2D eigenvalue weighted by Gasteiger charge is -2.11. The van der Waals surface area contributed by atoms with E-state index in [2.05, 4.69) is 37.4 Å². The number of amides is 1. The highest BCUT2D eigenvalue weighted by Gasteiger charge is 2.13. The number of hydrogen-bond donors (Lipinski definition) is 1. The first-order chi connectivity index (χ1) is 7.04. The van der Waals surface area contributed by atoms with Crippen LogP contribution >= 0.6 is 11.8 Å². The summed E-state index contributed by atoms with van der Waals surface area (Å²) in [5.74, 6) is 0.0694. The lowest BCUT2D eigenvalue weighted by Crippen LogP contribution is -2.27. The van der Waals surface area contributed by atoms with Crippen molar-refractivity contribution in [2.24, 2.45) is 0 Å². The minimum Gasteiger partial charge on any atom is -0.358 e. The summed E-state index contributed by atoms with van der Waals surface area (Å²) in [7, 11) is 1.67. The molecular formula is C12H17NOS. The molecule has 0 aromatic heterocycles. The number of rotatable bonds is 3. The maximum Gasteiger partial charge on any atom is 0.232 e. The fourth-order valence-electron chi connectivity index (χ4n) is 1.38. The number of thioether (sulfide) groups is 1. The van der Waals surface area contributed by atoms with E-state index in [0.29, 0.717) is 0 Å². The van der Waals surface area contributed by atoms with E-state index in [-0.39, 0.29) is 11.2 Å². The number of aryl methyl sites for hydroxylation is 2. The van der Waals surface area contributed by atoms with Crippen LogP contribution in [0.3, 0.4) is 0 Å². The standard InChI is InChI=1S/C12H17NOS/c1-8-5-6-11(9(2)7-8)15-10(3)12(14)13-4/h5-7,10H,1-4H3,(H,13,14). The molecule has 0 aliphatic carbocycles. The maximum absolute atomic E-state index is 11.4. The molecule has 0 saturated heterocycles. The van der Waals surface area contributed by atoms with Crippen LogP contribution in [0.5, 0.6) is 0 Å². The molecule has 1 N–H and O–H groups in total. The lowest BCUT2D eigenvalue weighted by atomic mass is 10.2. The van der Waals surface area contributed by atoms with E-state index >= 15 is 0 Å². The Hall–Kier alpha value is -0.960. The average molecular weight is 223 g/mol. The lowest BCUT2D eigenvalue weighted by molar-refractivity contribution is -0.119. The molecule has 1 rings (SSSR count). The second kappa shape index (κ2) is 5.21. The summed E-state index contributed by atoms with van der Waals surface area (Å²) < 4.78 is 0. The minimum atomic E-state index is -0.0450. The molecule has 0 heterocycles. The largest absolute Gasteiger partial charge is 0.358 e. The zero-order valence-electron chi connectivity index (χ0n) is 9.63. The van der Waals surface area contributed by atoms with Gasteiger partial charge >= 0.3 is 0 Å². The molecule has 2 nitrogen and oxygen atoms in total. The van der Waals surface area contributed by atoms with Crippen LogP contribution in [0.2, 0.25) is 0 Å². The third kappa shape index (κ3) is 3.27. The van der Waals surface area contributed by atoms with E-state index in [1.54, 1.807) is 18.8 Å². The predicted molar refractivity (Wildman–Crippen MR) is 65.3 cm³/mol. The van der Waals surface area contributed by atoms with Crippen molar-refractivity contribution in [3.8, 4) is 0 Å². The molecule has 0 bridgehead atoms. The Morgan fingerprint density at radius 3 is 2.60 bits per heavy atom. The maximum atomic E-state index is 11.4. The van der Waals surface area contributed by atoms with Gasteiger partial charge < -0.3 is 5.32 Å². The fraction of sp³-hybridized carbons (Fsp3) is 0.417. The van der Waals surface area contributed by atoms with Gasteiger partial charge in [0.25, 0.3) is 0 Å². The third-order valence-electron chi connectivity index (χ3n) is 2.25. The molecule has 0 saturated carbocycles. The Morgan fingerprint density at radius 1 is 1.40 bits per heavy atom. The van der Waals surface area contributed by atoms with Gasteiger partial charge in [-0.3, -0.25) is 4.79 Å². The van der Waals surface area contributed by atoms with Crippen molar-refractivity contribution in [3.05, 3.63) is 29.3 Å². The van der Waals surface area contributed by atoms with Crippen molar-refractivity contribution in [2.45, 2.75) is 30.9 Å². The van der Waals surface area contributed by atoms with Crippen LogP contribution in [0.15, 0.2) is 23.1 Å². The minimum absolute atomic E-state index is 0.0450. The van der Waals surface area contributed by atoms with Gasteiger partial charge in [0.15, 0.2) is 0 Å². The molecule has 0 aliphatic heterocycles. The summed E-state index contributed by atoms with van der Waals surface area (Å²) in [5.41, 5.74) is 2.49. The van der Waals surface area contributed by atoms with E-state index in [4.69, 9.17) is 0 Å². The highest BCUT2D eigenvalue weighted by Crippen LogP contribution is 2.27. The topological polar surface area (TPSA) is 29.1 Å². The van der Waals surface area contributed by atoms with Crippen molar-refractivity contribution in [1.82, 2.24) is 5.32 Å². The zero-order chi connectivity index (χ0) is 11.4. The predicted octanol–water partition coefficient (Wildman–Crippen LogP) is 2.53. The second-order valence-electron chi connectivity index (χ2n) is 3.64. The Kier molecular flexibility index (Phi) is 4.21. The smallest absolute Gasteiger partial charge is 0.232 e. The molecule has 0 aliphatic rings. The summed E-state index contributed by atoms with van der Waals surface area (Å²) in [6.07, 6.45) is 0. The van der Waals surface area contributed by atoms with Crippen LogP contribution in [0.25, 0.3) is 0 Å². The van der Waals surface area contributed by atoms with Crippen molar-refractivity contribution < 1.29 is 4.79 Å². The molecule has 1 atom stereocenters. The molecule has 3 heteroatoms. The van der Waals surface area contributed by atoms with Gasteiger partial charge in [0.2, 0.25) is 5.91 Å². The Labute approximate surface area is 95.5 Å². The Morgan fingerprint density at radius 2 is 2.07 bits per heavy atom. The zero-order valence-corrected chi connectivity index (χ0v) is 10.4. The molecule has 0 spiro atoms. The highest BCUT2D eigenvalue weighted by atomic mass is 32.2. The second-order valence-corrected chi connectivity index (χ2v) is 5.03. The van der Waals surface area contributed by atoms with Crippen LogP contribution in [0.1, 0.15) is 18.1 Å². The van der Waals surface area contributed by atoms with Gasteiger partial charge in [-0.15, -0.1) is 11.8 Å². The van der Waals surface area contributed by atoms with Crippen molar-refractivity contribution >= 4 is 17.7 Å². The van der Waals surface area contributed by atoms with Gasteiger partial charge in [0, 0.05) is 11.9 Å². The summed E-state index contributed by atoms with van der Waals surface area (Å²) in [6.45, 7) is 6.07. The quantitative estimate of drug-likeness (QED) is 0.798. The fourth-order valence-corrected chi connectivity index (χ4v) is 2.38. The first-order valence-electron chi connectivity index (χ1n) is 5.00. The van der Waals surface area contributed by atoms with E-state index in [9.17, 15) is 4.79 Å². The number of carbonyl (C=O) groups is 1. The van der Waals surface area contributed by atoms with Crippen molar-refractivity contribution in [2.75, 3.05) is 7.05 Å². The molecular weight excluding hydrogens is 206 g/mol. The highest BCUT2D eigenvalue weighted by molar-refractivity contribution is 8.00. The van der Waals surface area contributed by atoms with Crippen LogP contribution in [0.4, 0.5) is 0 Å². The molecule has 15 heavy (non-hydrogen) atoms. The summed E-state index contributed by atoms with van der Waals surface area (Å²) >= 11 is 1.60. The summed E-state index contributed by atoms with van der Waals surface area (Å²) in [4.78, 5) is 12.5. The van der Waals surface area contributed by atoms with E-state index in [1.807, 2.05) is 6.92 Å². The van der Waals surface area contributed by atoms with Crippen molar-refractivity contribution in [3.63, 3.8) is 0 Å². The SMILES string of the molecule is CNC(=O)C(C)Sc1ccc(C)cc1C. The molecule has 1 unspecified atom stereocenters. The Bertz CT molecular complexity index is 363. The van der Waals surface area contributed by atoms with Crippen LogP contribution in [-0.2, 0) is 4.79 Å². The van der Waals surface area contributed by atoms with Crippen LogP contribution in [-0.4, -0.2) is 18.2 Å². The van der Waals surface area contributed by atoms with Gasteiger partial charge in [-0.25, -0.2) is 0 Å². The summed E-state index contributed by atoms with van der Waals surface area (Å²) in [6, 6.07) is 6.29. The first-order valence-corrected chi connectivity index (χ1v) is 5.88. The molecule has 1 aromatic rings. The first kappa shape index (κ1) is 12.1. The molecule has 82 valence electrons. The van der Waals surface area contributed by atoms with Crippen molar-refractivity contribution in [1.29, 1.82) is 0 Å². The Balaban J connectivity index is 2.76. The molecule has 1 amide bonds. The molecule has 0 radical (unpaired) electrons. The third-order valence-corrected chi connectivity index (χ3v) is 3.53. The number of nitrogens with one attached hydrogen (secondary N) is 1. The number of hydrogen-bond acceptors (Lipinski definition) is 2. The van der Waals surface area contributed by atoms with Gasteiger partial charge in [-0.1, -0.05) is 17.7 Å². The normalized spacial score (nSPS) is 12.3. The van der Waals surface area contributed by atoms with E-state index < -0.39 is 0 Å². The van der Waals surface area contributed by atoms with Gasteiger partial charge in [0.05, 0.1) is 5.25 Å². The number of benzene rings is 1.